The lowest BCUT2D eigenvalue weighted by atomic mass is 9.69. The maximum Gasteiger partial charge on any atom is 0.242 e. The van der Waals surface area contributed by atoms with Gasteiger partial charge in [-0.1, -0.05) is 36.4 Å². The molecule has 45 heavy (non-hydrogen) atoms. The Bertz CT molecular complexity index is 1680. The molecule has 1 amide bonds. The molecule has 0 aliphatic carbocycles. The van der Waals surface area contributed by atoms with Crippen molar-refractivity contribution in [3.8, 4) is 0 Å². The van der Waals surface area contributed by atoms with Crippen LogP contribution in [0, 0.1) is 18.6 Å². The highest BCUT2D eigenvalue weighted by atomic mass is 19.1. The standard InChI is InChI=1S/C37H43F2N5O/c1-25-41-33-8-3-4-9-34(33)44(25)32-23-30-14-15-31(24-32)43(30)21-18-37(27-6-5-7-29(39)22-27)16-19-42(20-17-37)36(2,35(40)45)26-10-12-28(38)13-11-26/h3-13,22,30-32H,14-21,23-24H2,1-2H3,(H2,40,45). The largest absolute Gasteiger partial charge is 0.368 e. The molecular formula is C37H43F2N5O. The van der Waals surface area contributed by atoms with Gasteiger partial charge in [-0.3, -0.25) is 14.6 Å². The molecule has 2 N–H and O–H groups in total. The molecule has 6 nitrogen and oxygen atoms in total. The molecule has 3 unspecified atom stereocenters. The van der Waals surface area contributed by atoms with Crippen molar-refractivity contribution in [2.45, 2.75) is 87.9 Å². The monoisotopic (exact) mass is 611 g/mol. The van der Waals surface area contributed by atoms with Crippen LogP contribution in [0.4, 0.5) is 8.78 Å². The van der Waals surface area contributed by atoms with E-state index < -0.39 is 11.4 Å². The third kappa shape index (κ3) is 5.26. The average Bonchev–Trinajstić information content (AvgIpc) is 3.50. The number of aromatic nitrogens is 2. The van der Waals surface area contributed by atoms with Gasteiger partial charge in [-0.2, -0.15) is 0 Å². The average molecular weight is 612 g/mol. The molecule has 0 radical (unpaired) electrons. The molecule has 1 aromatic heterocycles. The van der Waals surface area contributed by atoms with Gasteiger partial charge in [0, 0.05) is 31.2 Å². The maximum atomic E-state index is 14.6. The maximum absolute atomic E-state index is 14.6. The van der Waals surface area contributed by atoms with Crippen molar-refractivity contribution in [1.29, 1.82) is 0 Å². The van der Waals surface area contributed by atoms with Crippen LogP contribution in [0.25, 0.3) is 11.0 Å². The van der Waals surface area contributed by atoms with E-state index in [0.29, 0.717) is 36.8 Å². The molecule has 7 rings (SSSR count). The number of carbonyl (C=O) groups excluding carboxylic acids is 1. The summed E-state index contributed by atoms with van der Waals surface area (Å²) in [6.45, 7) is 6.20. The number of likely N-dealkylation sites (tertiary alicyclic amines) is 1. The number of nitrogens with zero attached hydrogens (tertiary/aromatic N) is 4. The number of carbonyl (C=O) groups is 1. The van der Waals surface area contributed by atoms with Gasteiger partial charge in [0.2, 0.25) is 5.91 Å². The second-order valence-corrected chi connectivity index (χ2v) is 13.7. The fourth-order valence-electron chi connectivity index (χ4n) is 8.93. The number of rotatable bonds is 8. The Morgan fingerprint density at radius 2 is 1.62 bits per heavy atom. The van der Waals surface area contributed by atoms with Crippen molar-refractivity contribution in [1.82, 2.24) is 19.4 Å². The molecule has 0 saturated carbocycles. The van der Waals surface area contributed by atoms with Gasteiger partial charge in [-0.15, -0.1) is 0 Å². The van der Waals surface area contributed by atoms with Crippen molar-refractivity contribution in [2.75, 3.05) is 19.6 Å². The van der Waals surface area contributed by atoms with E-state index in [4.69, 9.17) is 10.7 Å². The third-order valence-electron chi connectivity index (χ3n) is 11.5. The van der Waals surface area contributed by atoms with Gasteiger partial charge in [0.1, 0.15) is 23.0 Å². The van der Waals surface area contributed by atoms with Crippen LogP contribution in [0.1, 0.15) is 74.9 Å². The summed E-state index contributed by atoms with van der Waals surface area (Å²) in [5, 5.41) is 0. The van der Waals surface area contributed by atoms with Gasteiger partial charge >= 0.3 is 0 Å². The number of aryl methyl sites for hydroxylation is 1. The van der Waals surface area contributed by atoms with Crippen LogP contribution in [0.15, 0.2) is 72.8 Å². The molecule has 3 atom stereocenters. The number of primary amides is 1. The van der Waals surface area contributed by atoms with Crippen molar-refractivity contribution in [3.63, 3.8) is 0 Å². The molecule has 3 aliphatic rings. The Morgan fingerprint density at radius 1 is 0.933 bits per heavy atom. The van der Waals surface area contributed by atoms with Gasteiger partial charge in [-0.05, 0) is 118 Å². The highest BCUT2D eigenvalue weighted by Crippen LogP contribution is 2.46. The highest BCUT2D eigenvalue weighted by molar-refractivity contribution is 5.85. The van der Waals surface area contributed by atoms with Crippen LogP contribution in [0.3, 0.4) is 0 Å². The second-order valence-electron chi connectivity index (χ2n) is 13.7. The van der Waals surface area contributed by atoms with Crippen LogP contribution < -0.4 is 5.73 Å². The number of hydrogen-bond acceptors (Lipinski definition) is 4. The molecule has 3 aromatic carbocycles. The normalized spacial score (nSPS) is 24.9. The zero-order chi connectivity index (χ0) is 31.3. The van der Waals surface area contributed by atoms with Crippen molar-refractivity contribution in [3.05, 3.63) is 101 Å². The lowest BCUT2D eigenvalue weighted by Crippen LogP contribution is -2.57. The summed E-state index contributed by atoms with van der Waals surface area (Å²) in [4.78, 5) is 22.6. The molecule has 4 aromatic rings. The molecule has 3 fully saturated rings. The Morgan fingerprint density at radius 3 is 2.29 bits per heavy atom. The predicted octanol–water partition coefficient (Wildman–Crippen LogP) is 6.62. The highest BCUT2D eigenvalue weighted by Gasteiger charge is 2.47. The number of piperidine rings is 2. The molecule has 8 heteroatoms. The van der Waals surface area contributed by atoms with E-state index in [1.807, 2.05) is 13.0 Å². The van der Waals surface area contributed by atoms with E-state index >= 15 is 0 Å². The van der Waals surface area contributed by atoms with E-state index in [-0.39, 0.29) is 17.0 Å². The smallest absolute Gasteiger partial charge is 0.242 e. The summed E-state index contributed by atoms with van der Waals surface area (Å²) >= 11 is 0. The lowest BCUT2D eigenvalue weighted by Gasteiger charge is -2.49. The van der Waals surface area contributed by atoms with Gasteiger partial charge in [0.25, 0.3) is 0 Å². The van der Waals surface area contributed by atoms with Crippen LogP contribution in [0.5, 0.6) is 0 Å². The lowest BCUT2D eigenvalue weighted by molar-refractivity contribution is -0.131. The minimum Gasteiger partial charge on any atom is -0.368 e. The van der Waals surface area contributed by atoms with Gasteiger partial charge < -0.3 is 10.3 Å². The second kappa shape index (κ2) is 11.6. The summed E-state index contributed by atoms with van der Waals surface area (Å²) in [7, 11) is 0. The van der Waals surface area contributed by atoms with E-state index in [1.54, 1.807) is 18.2 Å². The Kier molecular flexibility index (Phi) is 7.77. The van der Waals surface area contributed by atoms with Crippen LogP contribution in [-0.4, -0.2) is 57.0 Å². The zero-order valence-corrected chi connectivity index (χ0v) is 26.3. The third-order valence-corrected chi connectivity index (χ3v) is 11.5. The number of para-hydroxylation sites is 2. The van der Waals surface area contributed by atoms with Crippen LogP contribution in [0.2, 0.25) is 0 Å². The Labute approximate surface area is 264 Å². The first-order chi connectivity index (χ1) is 21.7. The van der Waals surface area contributed by atoms with Gasteiger partial charge in [0.05, 0.1) is 11.0 Å². The van der Waals surface area contributed by atoms with Crippen molar-refractivity contribution < 1.29 is 13.6 Å². The number of imidazole rings is 1. The Hall–Kier alpha value is -3.62. The number of nitrogens with two attached hydrogens (primary N) is 1. The summed E-state index contributed by atoms with van der Waals surface area (Å²) in [6.07, 6.45) is 7.16. The van der Waals surface area contributed by atoms with E-state index in [9.17, 15) is 13.6 Å². The molecule has 3 aliphatic heterocycles. The number of amides is 1. The van der Waals surface area contributed by atoms with Crippen LogP contribution in [-0.2, 0) is 15.7 Å². The summed E-state index contributed by atoms with van der Waals surface area (Å²) in [6, 6.07) is 23.1. The summed E-state index contributed by atoms with van der Waals surface area (Å²) < 4.78 is 30.9. The van der Waals surface area contributed by atoms with Gasteiger partial charge in [-0.25, -0.2) is 13.8 Å². The minimum absolute atomic E-state index is 0.215. The van der Waals surface area contributed by atoms with E-state index in [0.717, 1.165) is 55.6 Å². The Balaban J connectivity index is 1.10. The van der Waals surface area contributed by atoms with E-state index in [2.05, 4.69) is 51.6 Å². The molecule has 2 bridgehead atoms. The first-order valence-electron chi connectivity index (χ1n) is 16.4. The molecule has 0 spiro atoms. The SMILES string of the molecule is Cc1nc2ccccc2n1C1CC2CCC(C1)N2CCC1(c2cccc(F)c2)CCN(C(C)(C(N)=O)c2ccc(F)cc2)CC1. The van der Waals surface area contributed by atoms with Crippen molar-refractivity contribution in [2.24, 2.45) is 5.73 Å². The number of halogens is 2. The fraction of sp³-hybridized carbons (Fsp3) is 0.459. The predicted molar refractivity (Wildman–Crippen MR) is 173 cm³/mol. The van der Waals surface area contributed by atoms with E-state index in [1.165, 1.54) is 36.6 Å². The number of benzene rings is 3. The molecule has 4 heterocycles. The number of fused-ring (bicyclic) bond motifs is 3. The molecule has 3 saturated heterocycles. The number of hydrogen-bond donors (Lipinski definition) is 1. The molecular weight excluding hydrogens is 568 g/mol. The fourth-order valence-corrected chi connectivity index (χ4v) is 8.93. The van der Waals surface area contributed by atoms with Crippen LogP contribution >= 0.6 is 0 Å². The summed E-state index contributed by atoms with van der Waals surface area (Å²) in [5.41, 5.74) is 8.77. The van der Waals surface area contributed by atoms with Gasteiger partial charge in [0.15, 0.2) is 0 Å². The first kappa shape index (κ1) is 30.1. The minimum atomic E-state index is -1.06. The quantitative estimate of drug-likeness (QED) is 0.243. The molecule has 236 valence electrons. The van der Waals surface area contributed by atoms with Crippen molar-refractivity contribution >= 4 is 16.9 Å². The first-order valence-corrected chi connectivity index (χ1v) is 16.4. The topological polar surface area (TPSA) is 67.4 Å². The summed E-state index contributed by atoms with van der Waals surface area (Å²) in [5.74, 6) is 0.0782. The zero-order valence-electron chi connectivity index (χ0n) is 26.3.